The molecule has 0 aliphatic carbocycles. The number of pyridine rings is 1. The Hall–Kier alpha value is -3.09. The number of benzene rings is 1. The molecular weight excluding hydrogens is 290 g/mol. The first-order valence-electron chi connectivity index (χ1n) is 6.28. The summed E-state index contributed by atoms with van der Waals surface area (Å²) in [6.45, 7) is -0.00513. The third-order valence-electron chi connectivity index (χ3n) is 2.88. The van der Waals surface area contributed by atoms with Crippen LogP contribution in [0.15, 0.2) is 41.3 Å². The van der Waals surface area contributed by atoms with E-state index in [1.54, 1.807) is 24.3 Å². The van der Waals surface area contributed by atoms with Gasteiger partial charge in [-0.25, -0.2) is 9.59 Å². The van der Waals surface area contributed by atoms with Crippen LogP contribution in [0.3, 0.4) is 0 Å². The predicted molar refractivity (Wildman–Crippen MR) is 76.1 cm³/mol. The first-order valence-corrected chi connectivity index (χ1v) is 6.28. The summed E-state index contributed by atoms with van der Waals surface area (Å²) in [6.07, 6.45) is 0.993. The van der Waals surface area contributed by atoms with Crippen LogP contribution in [0.25, 0.3) is 0 Å². The fourth-order valence-electron chi connectivity index (χ4n) is 1.80. The molecule has 0 fully saturated rings. The van der Waals surface area contributed by atoms with E-state index >= 15 is 0 Å². The average molecular weight is 303 g/mol. The Kier molecular flexibility index (Phi) is 4.57. The van der Waals surface area contributed by atoms with Gasteiger partial charge < -0.3 is 19.6 Å². The van der Waals surface area contributed by atoms with E-state index < -0.39 is 28.8 Å². The van der Waals surface area contributed by atoms with E-state index in [9.17, 15) is 14.4 Å². The van der Waals surface area contributed by atoms with Crippen LogP contribution in [0.2, 0.25) is 0 Å². The molecule has 0 radical (unpaired) electrons. The molecular formula is C15H13NO6. The quantitative estimate of drug-likeness (QED) is 0.810. The van der Waals surface area contributed by atoms with Gasteiger partial charge in [0.15, 0.2) is 11.4 Å². The molecule has 0 unspecified atom stereocenters. The standard InChI is InChI=1S/C15H13NO6/c1-21-15(20)10-7-16-11(14(18)19)13(12(10)17)22-8-9-5-3-2-4-6-9/h2-7H,8H2,1H3,(H,16,17)(H,18,19). The average Bonchev–Trinajstić information content (AvgIpc) is 2.53. The second kappa shape index (κ2) is 6.57. The number of carbonyl (C=O) groups is 2. The van der Waals surface area contributed by atoms with Gasteiger partial charge in [0.1, 0.15) is 12.2 Å². The summed E-state index contributed by atoms with van der Waals surface area (Å²) in [5.41, 5.74) is -0.829. The molecule has 0 bridgehead atoms. The molecule has 1 aromatic carbocycles. The predicted octanol–water partition coefficient (Wildman–Crippen LogP) is 1.44. The fraction of sp³-hybridized carbons (Fsp3) is 0.133. The zero-order valence-electron chi connectivity index (χ0n) is 11.7. The smallest absolute Gasteiger partial charge is 0.356 e. The van der Waals surface area contributed by atoms with Crippen LogP contribution in [0, 0.1) is 0 Å². The minimum Gasteiger partial charge on any atom is -0.482 e. The van der Waals surface area contributed by atoms with E-state index in [2.05, 4.69) is 9.72 Å². The first-order chi connectivity index (χ1) is 10.5. The van der Waals surface area contributed by atoms with Crippen molar-refractivity contribution in [1.82, 2.24) is 4.98 Å². The lowest BCUT2D eigenvalue weighted by Crippen LogP contribution is -2.22. The summed E-state index contributed by atoms with van der Waals surface area (Å²) in [7, 11) is 1.12. The highest BCUT2D eigenvalue weighted by Gasteiger charge is 2.22. The van der Waals surface area contributed by atoms with Crippen molar-refractivity contribution in [2.24, 2.45) is 0 Å². The van der Waals surface area contributed by atoms with E-state index in [1.807, 2.05) is 6.07 Å². The van der Waals surface area contributed by atoms with Gasteiger partial charge in [-0.3, -0.25) is 4.79 Å². The van der Waals surface area contributed by atoms with Gasteiger partial charge in [0.25, 0.3) is 0 Å². The number of rotatable bonds is 5. The van der Waals surface area contributed by atoms with E-state index in [1.165, 1.54) is 0 Å². The van der Waals surface area contributed by atoms with Gasteiger partial charge >= 0.3 is 11.9 Å². The highest BCUT2D eigenvalue weighted by molar-refractivity contribution is 5.93. The molecule has 0 saturated carbocycles. The number of aromatic nitrogens is 1. The third kappa shape index (κ3) is 3.14. The molecule has 114 valence electrons. The van der Waals surface area contributed by atoms with Crippen molar-refractivity contribution in [3.8, 4) is 5.75 Å². The van der Waals surface area contributed by atoms with Crippen molar-refractivity contribution < 1.29 is 24.2 Å². The Morgan fingerprint density at radius 2 is 1.91 bits per heavy atom. The summed E-state index contributed by atoms with van der Waals surface area (Å²) in [4.78, 5) is 37.2. The topological polar surface area (TPSA) is 106 Å². The summed E-state index contributed by atoms with van der Waals surface area (Å²) in [6, 6.07) is 8.91. The van der Waals surface area contributed by atoms with Gasteiger partial charge in [0.05, 0.1) is 7.11 Å². The van der Waals surface area contributed by atoms with Crippen LogP contribution >= 0.6 is 0 Å². The number of ether oxygens (including phenoxy) is 2. The lowest BCUT2D eigenvalue weighted by Gasteiger charge is -2.09. The molecule has 2 aromatic rings. The number of esters is 1. The maximum Gasteiger partial charge on any atom is 0.356 e. The number of H-pyrrole nitrogens is 1. The maximum atomic E-state index is 12.2. The lowest BCUT2D eigenvalue weighted by atomic mass is 10.2. The Morgan fingerprint density at radius 3 is 2.50 bits per heavy atom. The Morgan fingerprint density at radius 1 is 1.23 bits per heavy atom. The van der Waals surface area contributed by atoms with Crippen molar-refractivity contribution in [2.75, 3.05) is 7.11 Å². The minimum atomic E-state index is -1.36. The van der Waals surface area contributed by atoms with Crippen molar-refractivity contribution in [1.29, 1.82) is 0 Å². The second-order valence-corrected chi connectivity index (χ2v) is 4.31. The minimum absolute atomic E-state index is 0.00513. The zero-order valence-corrected chi connectivity index (χ0v) is 11.7. The molecule has 0 spiro atoms. The molecule has 2 rings (SSSR count). The summed E-state index contributed by atoms with van der Waals surface area (Å²) in [5, 5.41) is 9.11. The van der Waals surface area contributed by atoms with Gasteiger partial charge in [-0.15, -0.1) is 0 Å². The molecule has 1 heterocycles. The van der Waals surface area contributed by atoms with Crippen molar-refractivity contribution in [3.63, 3.8) is 0 Å². The monoisotopic (exact) mass is 303 g/mol. The van der Waals surface area contributed by atoms with Crippen LogP contribution < -0.4 is 10.2 Å². The number of aromatic carboxylic acids is 1. The summed E-state index contributed by atoms with van der Waals surface area (Å²) in [5.74, 6) is -2.67. The van der Waals surface area contributed by atoms with Crippen molar-refractivity contribution >= 4 is 11.9 Å². The molecule has 7 heteroatoms. The normalized spacial score (nSPS) is 10.0. The second-order valence-electron chi connectivity index (χ2n) is 4.31. The number of methoxy groups -OCH3 is 1. The number of nitrogens with one attached hydrogen (secondary N) is 1. The molecule has 1 aromatic heterocycles. The molecule has 0 amide bonds. The molecule has 22 heavy (non-hydrogen) atoms. The van der Waals surface area contributed by atoms with Gasteiger partial charge in [-0.1, -0.05) is 30.3 Å². The number of hydrogen-bond acceptors (Lipinski definition) is 5. The molecule has 7 nitrogen and oxygen atoms in total. The van der Waals surface area contributed by atoms with Crippen molar-refractivity contribution in [3.05, 3.63) is 63.6 Å². The number of carboxylic acid groups (broad SMARTS) is 1. The Labute approximate surface area is 125 Å². The van der Waals surface area contributed by atoms with Gasteiger partial charge in [-0.2, -0.15) is 0 Å². The third-order valence-corrected chi connectivity index (χ3v) is 2.88. The number of carboxylic acids is 1. The summed E-state index contributed by atoms with van der Waals surface area (Å²) < 4.78 is 9.79. The Bertz CT molecular complexity index is 750. The van der Waals surface area contributed by atoms with E-state index in [0.29, 0.717) is 0 Å². The number of hydrogen-bond donors (Lipinski definition) is 2. The van der Waals surface area contributed by atoms with E-state index in [-0.39, 0.29) is 12.2 Å². The lowest BCUT2D eigenvalue weighted by molar-refractivity contribution is 0.0594. The van der Waals surface area contributed by atoms with Crippen LogP contribution in [0.4, 0.5) is 0 Å². The van der Waals surface area contributed by atoms with Gasteiger partial charge in [-0.05, 0) is 5.56 Å². The fourth-order valence-corrected chi connectivity index (χ4v) is 1.80. The molecule has 2 N–H and O–H groups in total. The van der Waals surface area contributed by atoms with Crippen LogP contribution in [-0.2, 0) is 11.3 Å². The van der Waals surface area contributed by atoms with Crippen LogP contribution in [0.5, 0.6) is 5.75 Å². The Balaban J connectivity index is 2.40. The SMILES string of the molecule is COC(=O)c1c[nH]c(C(=O)O)c(OCc2ccccc2)c1=O. The number of aromatic amines is 1. The highest BCUT2D eigenvalue weighted by Crippen LogP contribution is 2.14. The zero-order chi connectivity index (χ0) is 16.1. The number of carbonyl (C=O) groups excluding carboxylic acids is 1. The molecule has 0 atom stereocenters. The highest BCUT2D eigenvalue weighted by atomic mass is 16.5. The molecule has 0 aliphatic rings. The van der Waals surface area contributed by atoms with E-state index in [0.717, 1.165) is 18.9 Å². The molecule has 0 aliphatic heterocycles. The van der Waals surface area contributed by atoms with Crippen molar-refractivity contribution in [2.45, 2.75) is 6.61 Å². The largest absolute Gasteiger partial charge is 0.482 e. The van der Waals surface area contributed by atoms with Gasteiger partial charge in [0.2, 0.25) is 5.43 Å². The first kappa shape index (κ1) is 15.3. The van der Waals surface area contributed by atoms with E-state index in [4.69, 9.17) is 9.84 Å². The van der Waals surface area contributed by atoms with Crippen LogP contribution in [0.1, 0.15) is 26.4 Å². The summed E-state index contributed by atoms with van der Waals surface area (Å²) >= 11 is 0. The molecule has 0 saturated heterocycles. The van der Waals surface area contributed by atoms with Gasteiger partial charge in [0, 0.05) is 6.20 Å². The van der Waals surface area contributed by atoms with Crippen LogP contribution in [-0.4, -0.2) is 29.1 Å². The maximum absolute atomic E-state index is 12.2.